The molecule has 18 heavy (non-hydrogen) atoms. The van der Waals surface area contributed by atoms with Gasteiger partial charge in [0, 0.05) is 20.6 Å². The van der Waals surface area contributed by atoms with E-state index in [0.717, 1.165) is 50.5 Å². The van der Waals surface area contributed by atoms with Gasteiger partial charge in [-0.3, -0.25) is 4.79 Å². The van der Waals surface area contributed by atoms with Crippen LogP contribution in [-0.2, 0) is 14.3 Å². The van der Waals surface area contributed by atoms with Crippen LogP contribution >= 0.6 is 0 Å². The van der Waals surface area contributed by atoms with E-state index >= 15 is 0 Å². The molecule has 0 bridgehead atoms. The molecular formula is C15H26O3. The maximum atomic E-state index is 11.9. The summed E-state index contributed by atoms with van der Waals surface area (Å²) in [6.07, 6.45) is 11.3. The lowest BCUT2D eigenvalue weighted by Gasteiger charge is -2.13. The molecule has 3 heteroatoms. The van der Waals surface area contributed by atoms with Gasteiger partial charge in [0.05, 0.1) is 0 Å². The zero-order valence-corrected chi connectivity index (χ0v) is 11.7. The van der Waals surface area contributed by atoms with Crippen molar-refractivity contribution in [1.82, 2.24) is 0 Å². The van der Waals surface area contributed by atoms with Gasteiger partial charge >= 0.3 is 0 Å². The number of rotatable bonds is 6. The molecule has 1 saturated carbocycles. The molecular weight excluding hydrogens is 228 g/mol. The average Bonchev–Trinajstić information content (AvgIpc) is 2.37. The predicted molar refractivity (Wildman–Crippen MR) is 72.4 cm³/mol. The van der Waals surface area contributed by atoms with Crippen LogP contribution in [0.25, 0.3) is 0 Å². The molecule has 0 aliphatic heterocycles. The van der Waals surface area contributed by atoms with Crippen molar-refractivity contribution in [2.45, 2.75) is 64.1 Å². The van der Waals surface area contributed by atoms with Crippen molar-refractivity contribution in [2.75, 3.05) is 14.2 Å². The summed E-state index contributed by atoms with van der Waals surface area (Å²) in [4.78, 5) is 11.9. The minimum absolute atomic E-state index is 0.114. The number of carbonyl (C=O) groups excluding carboxylic acids is 1. The highest BCUT2D eigenvalue weighted by Crippen LogP contribution is 2.20. The van der Waals surface area contributed by atoms with Gasteiger partial charge in [0.25, 0.3) is 0 Å². The number of Topliss-reactive ketones (excluding diaryl/α,β-unsaturated/α-hetero) is 1. The summed E-state index contributed by atoms with van der Waals surface area (Å²) in [5.41, 5.74) is 1.06. The SMILES string of the molecule is COC(CCC/C=C1/CCCCCCC1=O)OC. The fraction of sp³-hybridized carbons (Fsp3) is 0.800. The van der Waals surface area contributed by atoms with Crippen molar-refractivity contribution < 1.29 is 14.3 Å². The quantitative estimate of drug-likeness (QED) is 0.412. The number of allylic oxidation sites excluding steroid dienone is 2. The maximum Gasteiger partial charge on any atom is 0.158 e. The Morgan fingerprint density at radius 2 is 1.78 bits per heavy atom. The molecule has 0 N–H and O–H groups in total. The molecule has 1 aliphatic carbocycles. The lowest BCUT2D eigenvalue weighted by molar-refractivity contribution is -0.116. The second-order valence-electron chi connectivity index (χ2n) is 4.90. The average molecular weight is 254 g/mol. The lowest BCUT2D eigenvalue weighted by atomic mass is 9.94. The third-order valence-corrected chi connectivity index (χ3v) is 3.52. The Balaban J connectivity index is 2.32. The largest absolute Gasteiger partial charge is 0.356 e. The summed E-state index contributed by atoms with van der Waals surface area (Å²) in [7, 11) is 3.32. The first-order chi connectivity index (χ1) is 8.77. The zero-order valence-electron chi connectivity index (χ0n) is 11.7. The van der Waals surface area contributed by atoms with Crippen molar-refractivity contribution in [3.8, 4) is 0 Å². The van der Waals surface area contributed by atoms with Crippen molar-refractivity contribution in [3.05, 3.63) is 11.6 Å². The van der Waals surface area contributed by atoms with E-state index in [1.807, 2.05) is 0 Å². The monoisotopic (exact) mass is 254 g/mol. The van der Waals surface area contributed by atoms with Gasteiger partial charge in [-0.15, -0.1) is 0 Å². The van der Waals surface area contributed by atoms with Crippen LogP contribution < -0.4 is 0 Å². The van der Waals surface area contributed by atoms with E-state index in [2.05, 4.69) is 6.08 Å². The molecule has 0 radical (unpaired) electrons. The Hall–Kier alpha value is -0.670. The van der Waals surface area contributed by atoms with Crippen LogP contribution in [0.1, 0.15) is 57.8 Å². The number of ketones is 1. The van der Waals surface area contributed by atoms with E-state index in [-0.39, 0.29) is 6.29 Å². The molecule has 0 saturated heterocycles. The van der Waals surface area contributed by atoms with Crippen molar-refractivity contribution in [2.24, 2.45) is 0 Å². The van der Waals surface area contributed by atoms with Crippen LogP contribution in [0.2, 0.25) is 0 Å². The van der Waals surface area contributed by atoms with E-state index in [4.69, 9.17) is 9.47 Å². The van der Waals surface area contributed by atoms with Gasteiger partial charge in [-0.25, -0.2) is 0 Å². The molecule has 0 aromatic rings. The molecule has 0 aromatic heterocycles. The van der Waals surface area contributed by atoms with Gasteiger partial charge in [0.1, 0.15) is 0 Å². The predicted octanol–water partition coefficient (Wildman–Crippen LogP) is 3.63. The first-order valence-corrected chi connectivity index (χ1v) is 7.05. The Morgan fingerprint density at radius 1 is 1.11 bits per heavy atom. The summed E-state index contributed by atoms with van der Waals surface area (Å²) in [5, 5.41) is 0. The highest BCUT2D eigenvalue weighted by molar-refractivity contribution is 5.95. The van der Waals surface area contributed by atoms with Gasteiger partial charge in [-0.05, 0) is 44.1 Å². The van der Waals surface area contributed by atoms with Gasteiger partial charge in [0.2, 0.25) is 0 Å². The minimum atomic E-state index is -0.114. The fourth-order valence-corrected chi connectivity index (χ4v) is 2.36. The molecule has 1 fully saturated rings. The zero-order chi connectivity index (χ0) is 13.2. The number of carbonyl (C=O) groups is 1. The maximum absolute atomic E-state index is 11.9. The Morgan fingerprint density at radius 3 is 2.44 bits per heavy atom. The van der Waals surface area contributed by atoms with Crippen LogP contribution in [0.15, 0.2) is 11.6 Å². The van der Waals surface area contributed by atoms with Gasteiger partial charge in [-0.1, -0.05) is 18.9 Å². The molecule has 0 atom stereocenters. The molecule has 0 amide bonds. The first-order valence-electron chi connectivity index (χ1n) is 7.05. The normalized spacial score (nSPS) is 20.2. The summed E-state index contributed by atoms with van der Waals surface area (Å²) in [6.45, 7) is 0. The van der Waals surface area contributed by atoms with Crippen molar-refractivity contribution >= 4 is 5.78 Å². The number of methoxy groups -OCH3 is 2. The van der Waals surface area contributed by atoms with E-state index in [1.165, 1.54) is 12.8 Å². The van der Waals surface area contributed by atoms with Gasteiger partial charge in [-0.2, -0.15) is 0 Å². The molecule has 0 spiro atoms. The van der Waals surface area contributed by atoms with Crippen molar-refractivity contribution in [3.63, 3.8) is 0 Å². The van der Waals surface area contributed by atoms with E-state index in [0.29, 0.717) is 5.78 Å². The molecule has 0 heterocycles. The van der Waals surface area contributed by atoms with Crippen LogP contribution in [0.3, 0.4) is 0 Å². The summed E-state index contributed by atoms with van der Waals surface area (Å²) in [5.74, 6) is 0.365. The Kier molecular flexibility index (Phi) is 7.94. The van der Waals surface area contributed by atoms with Gasteiger partial charge < -0.3 is 9.47 Å². The van der Waals surface area contributed by atoms with E-state index in [9.17, 15) is 4.79 Å². The number of hydrogen-bond acceptors (Lipinski definition) is 3. The molecule has 1 aliphatic rings. The molecule has 0 aromatic carbocycles. The Bertz CT molecular complexity index is 267. The third kappa shape index (κ3) is 5.78. The molecule has 104 valence electrons. The summed E-state index contributed by atoms with van der Waals surface area (Å²) < 4.78 is 10.3. The van der Waals surface area contributed by atoms with Gasteiger partial charge in [0.15, 0.2) is 12.1 Å². The number of ether oxygens (including phenoxy) is 2. The van der Waals surface area contributed by atoms with E-state index < -0.39 is 0 Å². The number of hydrogen-bond donors (Lipinski definition) is 0. The topological polar surface area (TPSA) is 35.5 Å². The third-order valence-electron chi connectivity index (χ3n) is 3.52. The first kappa shape index (κ1) is 15.4. The lowest BCUT2D eigenvalue weighted by Crippen LogP contribution is -2.12. The summed E-state index contributed by atoms with van der Waals surface area (Å²) >= 11 is 0. The fourth-order valence-electron chi connectivity index (χ4n) is 2.36. The van der Waals surface area contributed by atoms with Crippen molar-refractivity contribution in [1.29, 1.82) is 0 Å². The standard InChI is InChI=1S/C15H26O3/c1-17-15(18-2)12-8-7-10-13-9-5-3-4-6-11-14(13)16/h10,15H,3-9,11-12H2,1-2H3/b13-10-. The number of unbranched alkanes of at least 4 members (excludes halogenated alkanes) is 1. The second kappa shape index (κ2) is 9.29. The smallest absolute Gasteiger partial charge is 0.158 e. The highest BCUT2D eigenvalue weighted by Gasteiger charge is 2.12. The van der Waals surface area contributed by atoms with E-state index in [1.54, 1.807) is 14.2 Å². The molecule has 3 nitrogen and oxygen atoms in total. The minimum Gasteiger partial charge on any atom is -0.356 e. The molecule has 1 rings (SSSR count). The van der Waals surface area contributed by atoms with Crippen LogP contribution in [0, 0.1) is 0 Å². The van der Waals surface area contributed by atoms with Crippen LogP contribution in [-0.4, -0.2) is 26.3 Å². The molecule has 0 unspecified atom stereocenters. The van der Waals surface area contributed by atoms with Crippen LogP contribution in [0.4, 0.5) is 0 Å². The second-order valence-corrected chi connectivity index (χ2v) is 4.90. The highest BCUT2D eigenvalue weighted by atomic mass is 16.7. The van der Waals surface area contributed by atoms with Crippen LogP contribution in [0.5, 0.6) is 0 Å². The summed E-state index contributed by atoms with van der Waals surface area (Å²) in [6, 6.07) is 0. The Labute approximate surface area is 111 Å².